The van der Waals surface area contributed by atoms with Crippen molar-refractivity contribution in [2.24, 2.45) is 5.14 Å². The quantitative estimate of drug-likeness (QED) is 0.632. The monoisotopic (exact) mass is 410 g/mol. The van der Waals surface area contributed by atoms with Crippen molar-refractivity contribution in [3.63, 3.8) is 0 Å². The molecule has 140 valence electrons. The van der Waals surface area contributed by atoms with E-state index in [0.29, 0.717) is 16.4 Å². The minimum absolute atomic E-state index is 0.190. The van der Waals surface area contributed by atoms with Gasteiger partial charge in [0, 0.05) is 24.0 Å². The highest BCUT2D eigenvalue weighted by Gasteiger charge is 2.18. The number of nitrogens with zero attached hydrogens (tertiary/aromatic N) is 2. The highest BCUT2D eigenvalue weighted by atomic mass is 35.5. The van der Waals surface area contributed by atoms with Crippen LogP contribution < -0.4 is 10.5 Å². The van der Waals surface area contributed by atoms with Crippen molar-refractivity contribution in [1.82, 2.24) is 9.78 Å². The standard InChI is InChI=1S/C17H13ClF2N4O2S/c18-11-8-22-24(9-11)15-2-1-14(7-16(15)27(21)26)23-17(25)5-10-3-12(19)6-13(20)4-10/h1-4,6-9H,5,21H2,(H,23,25). The average Bonchev–Trinajstić information content (AvgIpc) is 3.00. The zero-order chi connectivity index (χ0) is 19.6. The molecule has 3 N–H and O–H groups in total. The zero-order valence-electron chi connectivity index (χ0n) is 13.7. The van der Waals surface area contributed by atoms with E-state index in [0.717, 1.165) is 18.2 Å². The number of hydrogen-bond donors (Lipinski definition) is 2. The molecule has 27 heavy (non-hydrogen) atoms. The smallest absolute Gasteiger partial charge is 0.228 e. The molecule has 1 amide bonds. The third kappa shape index (κ3) is 4.83. The van der Waals surface area contributed by atoms with Crippen LogP contribution in [0.5, 0.6) is 0 Å². The predicted octanol–water partition coefficient (Wildman–Crippen LogP) is 2.97. The van der Waals surface area contributed by atoms with E-state index in [-0.39, 0.29) is 16.9 Å². The summed E-state index contributed by atoms with van der Waals surface area (Å²) in [6.45, 7) is 0. The molecule has 0 radical (unpaired) electrons. The van der Waals surface area contributed by atoms with Gasteiger partial charge in [0.2, 0.25) is 10.8 Å². The Hall–Kier alpha value is -2.46. The van der Waals surface area contributed by atoms with Crippen LogP contribution in [0.1, 0.15) is 5.56 Å². The lowest BCUT2D eigenvalue weighted by Crippen LogP contribution is -2.18. The first-order valence-corrected chi connectivity index (χ1v) is 9.16. The van der Waals surface area contributed by atoms with Gasteiger partial charge in [-0.2, -0.15) is 5.10 Å². The van der Waals surface area contributed by atoms with Crippen LogP contribution in [-0.2, 0) is 22.6 Å². The summed E-state index contributed by atoms with van der Waals surface area (Å²) in [7, 11) is 0. The number of hydrogen-bond acceptors (Lipinski definition) is 4. The Balaban J connectivity index is 1.80. The second kappa shape index (κ2) is 8.05. The number of carbonyl (C=O) groups excluding carboxylic acids is 1. The van der Waals surface area contributed by atoms with E-state index in [4.69, 9.17) is 16.7 Å². The molecule has 0 spiro atoms. The van der Waals surface area contributed by atoms with Crippen LogP contribution in [0.2, 0.25) is 5.02 Å². The summed E-state index contributed by atoms with van der Waals surface area (Å²) in [6, 6.07) is 7.45. The maximum absolute atomic E-state index is 13.2. The Morgan fingerprint density at radius 3 is 2.56 bits per heavy atom. The molecule has 1 aromatic heterocycles. The first-order chi connectivity index (χ1) is 12.8. The molecule has 0 bridgehead atoms. The summed E-state index contributed by atoms with van der Waals surface area (Å²) in [6.07, 6.45) is 2.70. The van der Waals surface area contributed by atoms with Gasteiger partial charge in [-0.15, -0.1) is 5.14 Å². The van der Waals surface area contributed by atoms with Gasteiger partial charge in [-0.25, -0.2) is 13.5 Å². The van der Waals surface area contributed by atoms with Crippen molar-refractivity contribution >= 4 is 34.6 Å². The molecule has 10 heteroatoms. The maximum Gasteiger partial charge on any atom is 0.228 e. The Morgan fingerprint density at radius 1 is 1.26 bits per heavy atom. The van der Waals surface area contributed by atoms with Gasteiger partial charge in [0.1, 0.15) is 17.3 Å². The molecule has 0 saturated carbocycles. The molecule has 0 saturated heterocycles. The van der Waals surface area contributed by atoms with Gasteiger partial charge in [-0.1, -0.05) is 11.6 Å². The largest absolute Gasteiger partial charge is 0.593 e. The van der Waals surface area contributed by atoms with Crippen LogP contribution in [0.15, 0.2) is 53.7 Å². The van der Waals surface area contributed by atoms with Crippen LogP contribution >= 0.6 is 11.6 Å². The van der Waals surface area contributed by atoms with Crippen molar-refractivity contribution < 1.29 is 18.1 Å². The third-order valence-corrected chi connectivity index (χ3v) is 4.50. The van der Waals surface area contributed by atoms with Gasteiger partial charge in [-0.3, -0.25) is 4.79 Å². The molecule has 3 aromatic rings. The van der Waals surface area contributed by atoms with Crippen molar-refractivity contribution in [3.05, 3.63) is 71.0 Å². The molecule has 1 atom stereocenters. The highest BCUT2D eigenvalue weighted by molar-refractivity contribution is 7.89. The third-order valence-electron chi connectivity index (χ3n) is 3.55. The van der Waals surface area contributed by atoms with Gasteiger partial charge in [-0.05, 0) is 29.8 Å². The summed E-state index contributed by atoms with van der Waals surface area (Å²) in [5.41, 5.74) is 0.955. The fraction of sp³-hybridized carbons (Fsp3) is 0.0588. The van der Waals surface area contributed by atoms with E-state index in [2.05, 4.69) is 10.4 Å². The lowest BCUT2D eigenvalue weighted by Gasteiger charge is -2.12. The van der Waals surface area contributed by atoms with Crippen LogP contribution in [0.3, 0.4) is 0 Å². The molecule has 0 aliphatic heterocycles. The first-order valence-electron chi connectivity index (χ1n) is 7.57. The van der Waals surface area contributed by atoms with Crippen molar-refractivity contribution in [1.29, 1.82) is 0 Å². The van der Waals surface area contributed by atoms with Crippen LogP contribution in [0.25, 0.3) is 5.69 Å². The summed E-state index contributed by atoms with van der Waals surface area (Å²) < 4.78 is 39.7. The van der Waals surface area contributed by atoms with Gasteiger partial charge in [0.25, 0.3) is 0 Å². The number of rotatable bonds is 5. The summed E-state index contributed by atoms with van der Waals surface area (Å²) in [5.74, 6) is -2.02. The van der Waals surface area contributed by atoms with E-state index < -0.39 is 28.9 Å². The fourth-order valence-corrected chi connectivity index (χ4v) is 3.23. The molecule has 0 fully saturated rings. The Labute approximate surface area is 161 Å². The number of amides is 1. The topological polar surface area (TPSA) is 96.0 Å². The first kappa shape index (κ1) is 19.3. The summed E-state index contributed by atoms with van der Waals surface area (Å²) in [4.78, 5) is 12.4. The predicted molar refractivity (Wildman–Crippen MR) is 97.9 cm³/mol. The van der Waals surface area contributed by atoms with Gasteiger partial charge in [0.05, 0.1) is 29.0 Å². The van der Waals surface area contributed by atoms with Gasteiger partial charge in [0.15, 0.2) is 0 Å². The number of aromatic nitrogens is 2. The minimum Gasteiger partial charge on any atom is -0.593 e. The molecular formula is C17H13ClF2N4O2S. The van der Waals surface area contributed by atoms with E-state index in [9.17, 15) is 18.1 Å². The Morgan fingerprint density at radius 2 is 1.96 bits per heavy atom. The molecule has 1 unspecified atom stereocenters. The molecular weight excluding hydrogens is 398 g/mol. The van der Waals surface area contributed by atoms with E-state index in [1.54, 1.807) is 12.1 Å². The minimum atomic E-state index is -1.86. The maximum atomic E-state index is 13.2. The number of nitrogens with two attached hydrogens (primary N) is 1. The van der Waals surface area contributed by atoms with E-state index in [1.807, 2.05) is 0 Å². The van der Waals surface area contributed by atoms with Crippen molar-refractivity contribution in [2.45, 2.75) is 11.3 Å². The van der Waals surface area contributed by atoms with Gasteiger partial charge < -0.3 is 9.87 Å². The second-order valence-electron chi connectivity index (χ2n) is 5.59. The number of halogens is 3. The number of benzene rings is 2. The average molecular weight is 411 g/mol. The van der Waals surface area contributed by atoms with Crippen LogP contribution in [0.4, 0.5) is 14.5 Å². The summed E-state index contributed by atoms with van der Waals surface area (Å²) in [5, 5.41) is 12.5. The molecule has 6 nitrogen and oxygen atoms in total. The van der Waals surface area contributed by atoms with E-state index in [1.165, 1.54) is 23.1 Å². The number of carbonyl (C=O) groups is 1. The molecule has 0 aliphatic rings. The molecule has 3 rings (SSSR count). The summed E-state index contributed by atoms with van der Waals surface area (Å²) >= 11 is 3.99. The normalized spacial score (nSPS) is 12.0. The fourth-order valence-electron chi connectivity index (χ4n) is 2.48. The lowest BCUT2D eigenvalue weighted by atomic mass is 10.1. The lowest BCUT2D eigenvalue weighted by molar-refractivity contribution is -0.115. The molecule has 2 aromatic carbocycles. The Kier molecular flexibility index (Phi) is 5.76. The SMILES string of the molecule is N[S+]([O-])c1cc(NC(=O)Cc2cc(F)cc(F)c2)ccc1-n1cc(Cl)cn1. The second-order valence-corrected chi connectivity index (χ2v) is 7.06. The van der Waals surface area contributed by atoms with E-state index >= 15 is 0 Å². The zero-order valence-corrected chi connectivity index (χ0v) is 15.2. The number of anilines is 1. The van der Waals surface area contributed by atoms with Crippen LogP contribution in [0, 0.1) is 11.6 Å². The molecule has 1 heterocycles. The van der Waals surface area contributed by atoms with Crippen molar-refractivity contribution in [3.8, 4) is 5.69 Å². The van der Waals surface area contributed by atoms with Gasteiger partial charge >= 0.3 is 0 Å². The highest BCUT2D eigenvalue weighted by Crippen LogP contribution is 2.24. The molecule has 0 aliphatic carbocycles. The van der Waals surface area contributed by atoms with Crippen LogP contribution in [-0.4, -0.2) is 20.2 Å². The Bertz CT molecular complexity index is 977. The number of nitrogens with one attached hydrogen (secondary N) is 1. The van der Waals surface area contributed by atoms with Crippen molar-refractivity contribution in [2.75, 3.05) is 5.32 Å².